The van der Waals surface area contributed by atoms with Gasteiger partial charge in [0.2, 0.25) is 5.91 Å². The van der Waals surface area contributed by atoms with Crippen molar-refractivity contribution in [3.8, 4) is 0 Å². The Hall–Kier alpha value is -0.610. The van der Waals surface area contributed by atoms with Gasteiger partial charge in [-0.3, -0.25) is 4.79 Å². The van der Waals surface area contributed by atoms with Gasteiger partial charge in [0.1, 0.15) is 0 Å². The average molecular weight is 257 g/mol. The number of hydrogen-bond acceptors (Lipinski definition) is 3. The zero-order valence-corrected chi connectivity index (χ0v) is 12.9. The van der Waals surface area contributed by atoms with E-state index in [1.54, 1.807) is 19.0 Å². The van der Waals surface area contributed by atoms with Crippen LogP contribution < -0.4 is 11.1 Å². The van der Waals surface area contributed by atoms with Crippen LogP contribution in [0.2, 0.25) is 0 Å². The van der Waals surface area contributed by atoms with Gasteiger partial charge in [0.15, 0.2) is 0 Å². The fourth-order valence-corrected chi connectivity index (χ4v) is 2.18. The van der Waals surface area contributed by atoms with Crippen LogP contribution in [-0.4, -0.2) is 44.0 Å². The molecule has 4 nitrogen and oxygen atoms in total. The SMILES string of the molecule is CC(C)C(CNC(CN)CC(=O)N(C)C)C(C)C. The first-order valence-corrected chi connectivity index (χ1v) is 6.93. The number of nitrogens with two attached hydrogens (primary N) is 1. The molecule has 0 aromatic rings. The summed E-state index contributed by atoms with van der Waals surface area (Å²) in [6.07, 6.45) is 0.479. The Morgan fingerprint density at radius 3 is 2.00 bits per heavy atom. The molecule has 0 radical (unpaired) electrons. The zero-order valence-electron chi connectivity index (χ0n) is 12.9. The molecule has 0 aliphatic carbocycles. The number of nitrogens with zero attached hydrogens (tertiary/aromatic N) is 1. The Morgan fingerprint density at radius 2 is 1.67 bits per heavy atom. The molecule has 0 saturated carbocycles. The monoisotopic (exact) mass is 257 g/mol. The van der Waals surface area contributed by atoms with Crippen molar-refractivity contribution >= 4 is 5.91 Å². The molecular formula is C14H31N3O. The molecule has 1 atom stereocenters. The van der Waals surface area contributed by atoms with Crippen LogP contribution in [0, 0.1) is 17.8 Å². The normalized spacial score (nSPS) is 13.4. The quantitative estimate of drug-likeness (QED) is 0.689. The van der Waals surface area contributed by atoms with Gasteiger partial charge < -0.3 is 16.0 Å². The number of rotatable bonds is 8. The van der Waals surface area contributed by atoms with E-state index in [1.165, 1.54) is 0 Å². The van der Waals surface area contributed by atoms with E-state index in [2.05, 4.69) is 33.0 Å². The maximum absolute atomic E-state index is 11.7. The van der Waals surface area contributed by atoms with Crippen molar-refractivity contribution in [2.45, 2.75) is 40.2 Å². The topological polar surface area (TPSA) is 58.4 Å². The van der Waals surface area contributed by atoms with Crippen molar-refractivity contribution in [2.75, 3.05) is 27.2 Å². The Morgan fingerprint density at radius 1 is 1.17 bits per heavy atom. The van der Waals surface area contributed by atoms with Crippen LogP contribution in [0.3, 0.4) is 0 Å². The minimum absolute atomic E-state index is 0.0832. The predicted molar refractivity (Wildman–Crippen MR) is 77.3 cm³/mol. The first kappa shape index (κ1) is 17.4. The molecule has 0 heterocycles. The lowest BCUT2D eigenvalue weighted by atomic mass is 9.85. The van der Waals surface area contributed by atoms with Crippen LogP contribution in [0.5, 0.6) is 0 Å². The number of nitrogens with one attached hydrogen (secondary N) is 1. The van der Waals surface area contributed by atoms with E-state index >= 15 is 0 Å². The Kier molecular flexibility index (Phi) is 8.20. The van der Waals surface area contributed by atoms with Crippen LogP contribution in [0.1, 0.15) is 34.1 Å². The van der Waals surface area contributed by atoms with Crippen molar-refractivity contribution in [3.63, 3.8) is 0 Å². The lowest BCUT2D eigenvalue weighted by Crippen LogP contribution is -2.43. The Labute approximate surface area is 112 Å². The molecule has 0 rings (SSSR count). The van der Waals surface area contributed by atoms with Gasteiger partial charge in [-0.1, -0.05) is 27.7 Å². The molecular weight excluding hydrogens is 226 g/mol. The van der Waals surface area contributed by atoms with Crippen molar-refractivity contribution in [2.24, 2.45) is 23.5 Å². The number of hydrogen-bond donors (Lipinski definition) is 2. The van der Waals surface area contributed by atoms with Crippen LogP contribution >= 0.6 is 0 Å². The van der Waals surface area contributed by atoms with Crippen LogP contribution in [0.4, 0.5) is 0 Å². The van der Waals surface area contributed by atoms with E-state index in [0.29, 0.717) is 30.7 Å². The van der Waals surface area contributed by atoms with Gasteiger partial charge in [-0.15, -0.1) is 0 Å². The van der Waals surface area contributed by atoms with Gasteiger partial charge in [0.25, 0.3) is 0 Å². The zero-order chi connectivity index (χ0) is 14.3. The highest BCUT2D eigenvalue weighted by Crippen LogP contribution is 2.19. The molecule has 0 fully saturated rings. The molecule has 18 heavy (non-hydrogen) atoms. The van der Waals surface area contributed by atoms with E-state index < -0.39 is 0 Å². The molecule has 0 aliphatic heterocycles. The second-order valence-electron chi connectivity index (χ2n) is 5.99. The molecule has 108 valence electrons. The minimum atomic E-state index is 0.0832. The van der Waals surface area contributed by atoms with Gasteiger partial charge in [0, 0.05) is 33.1 Å². The third-order valence-corrected chi connectivity index (χ3v) is 3.56. The number of amides is 1. The lowest BCUT2D eigenvalue weighted by Gasteiger charge is -2.28. The van der Waals surface area contributed by atoms with Crippen molar-refractivity contribution in [3.05, 3.63) is 0 Å². The molecule has 0 spiro atoms. The van der Waals surface area contributed by atoms with Crippen molar-refractivity contribution in [1.82, 2.24) is 10.2 Å². The molecule has 1 amide bonds. The van der Waals surface area contributed by atoms with E-state index in [0.717, 1.165) is 6.54 Å². The number of carbonyl (C=O) groups is 1. The highest BCUT2D eigenvalue weighted by atomic mass is 16.2. The molecule has 0 aliphatic rings. The molecule has 0 aromatic heterocycles. The minimum Gasteiger partial charge on any atom is -0.349 e. The summed E-state index contributed by atoms with van der Waals surface area (Å²) < 4.78 is 0. The van der Waals surface area contributed by atoms with Gasteiger partial charge >= 0.3 is 0 Å². The maximum Gasteiger partial charge on any atom is 0.223 e. The highest BCUT2D eigenvalue weighted by molar-refractivity contribution is 5.76. The number of carbonyl (C=O) groups excluding carboxylic acids is 1. The van der Waals surface area contributed by atoms with Crippen molar-refractivity contribution in [1.29, 1.82) is 0 Å². The second-order valence-corrected chi connectivity index (χ2v) is 5.99. The summed E-state index contributed by atoms with van der Waals surface area (Å²) in [7, 11) is 3.56. The Bertz CT molecular complexity index is 231. The van der Waals surface area contributed by atoms with Gasteiger partial charge in [-0.2, -0.15) is 0 Å². The highest BCUT2D eigenvalue weighted by Gasteiger charge is 2.20. The maximum atomic E-state index is 11.7. The average Bonchev–Trinajstić information content (AvgIpc) is 2.26. The fourth-order valence-electron chi connectivity index (χ4n) is 2.18. The third-order valence-electron chi connectivity index (χ3n) is 3.56. The largest absolute Gasteiger partial charge is 0.349 e. The summed E-state index contributed by atoms with van der Waals surface area (Å²) in [6, 6.07) is 0.0832. The standard InChI is InChI=1S/C14H31N3O/c1-10(2)13(11(3)4)9-16-12(8-15)7-14(18)17(5)6/h10-13,16H,7-9,15H2,1-6H3. The van der Waals surface area contributed by atoms with Gasteiger partial charge in [-0.25, -0.2) is 0 Å². The molecule has 0 bridgehead atoms. The molecule has 4 heteroatoms. The molecule has 1 unspecified atom stereocenters. The summed E-state index contributed by atoms with van der Waals surface area (Å²) in [4.78, 5) is 13.3. The lowest BCUT2D eigenvalue weighted by molar-refractivity contribution is -0.129. The molecule has 0 saturated heterocycles. The third kappa shape index (κ3) is 6.36. The van der Waals surface area contributed by atoms with Gasteiger partial charge in [0.05, 0.1) is 0 Å². The van der Waals surface area contributed by atoms with E-state index in [4.69, 9.17) is 5.73 Å². The smallest absolute Gasteiger partial charge is 0.223 e. The van der Waals surface area contributed by atoms with E-state index in [1.807, 2.05) is 0 Å². The first-order valence-electron chi connectivity index (χ1n) is 6.93. The van der Waals surface area contributed by atoms with Crippen LogP contribution in [0.25, 0.3) is 0 Å². The second kappa shape index (κ2) is 8.48. The Balaban J connectivity index is 4.25. The van der Waals surface area contributed by atoms with Crippen molar-refractivity contribution < 1.29 is 4.79 Å². The van der Waals surface area contributed by atoms with E-state index in [9.17, 15) is 4.79 Å². The summed E-state index contributed by atoms with van der Waals surface area (Å²) in [5.74, 6) is 2.03. The van der Waals surface area contributed by atoms with Gasteiger partial charge in [-0.05, 0) is 24.3 Å². The molecule has 3 N–H and O–H groups in total. The summed E-state index contributed by atoms with van der Waals surface area (Å²) >= 11 is 0. The summed E-state index contributed by atoms with van der Waals surface area (Å²) in [5.41, 5.74) is 5.73. The summed E-state index contributed by atoms with van der Waals surface area (Å²) in [6.45, 7) is 10.4. The predicted octanol–water partition coefficient (Wildman–Crippen LogP) is 1.31. The summed E-state index contributed by atoms with van der Waals surface area (Å²) in [5, 5.41) is 3.45. The first-order chi connectivity index (χ1) is 8.29. The van der Waals surface area contributed by atoms with E-state index in [-0.39, 0.29) is 11.9 Å². The van der Waals surface area contributed by atoms with Crippen LogP contribution in [-0.2, 0) is 4.79 Å². The van der Waals surface area contributed by atoms with Crippen LogP contribution in [0.15, 0.2) is 0 Å². The molecule has 0 aromatic carbocycles. The fraction of sp³-hybridized carbons (Fsp3) is 0.929.